The minimum Gasteiger partial charge on any atom is -0.307 e. The summed E-state index contributed by atoms with van der Waals surface area (Å²) >= 11 is 0. The maximum absolute atomic E-state index is 3.64. The molecule has 1 aromatic carbocycles. The molecule has 0 radical (unpaired) electrons. The van der Waals surface area contributed by atoms with Gasteiger partial charge in [-0.05, 0) is 33.3 Å². The Morgan fingerprint density at radius 3 is 2.53 bits per heavy atom. The first-order valence-corrected chi connectivity index (χ1v) is 6.50. The van der Waals surface area contributed by atoms with Crippen molar-refractivity contribution >= 4 is 0 Å². The molecule has 1 aliphatic heterocycles. The van der Waals surface area contributed by atoms with Crippen LogP contribution in [0.3, 0.4) is 0 Å². The van der Waals surface area contributed by atoms with E-state index >= 15 is 0 Å². The zero-order valence-corrected chi connectivity index (χ0v) is 11.5. The van der Waals surface area contributed by atoms with Gasteiger partial charge in [-0.1, -0.05) is 29.8 Å². The smallest absolute Gasteiger partial charge is 0.0255 e. The Hall–Kier alpha value is -0.860. The molecule has 0 spiro atoms. The van der Waals surface area contributed by atoms with Crippen molar-refractivity contribution < 1.29 is 0 Å². The van der Waals surface area contributed by atoms with Crippen LogP contribution >= 0.6 is 0 Å². The normalized spacial score (nSPS) is 24.8. The van der Waals surface area contributed by atoms with Crippen LogP contribution in [0.2, 0.25) is 0 Å². The van der Waals surface area contributed by atoms with E-state index in [0.29, 0.717) is 6.04 Å². The topological polar surface area (TPSA) is 15.3 Å². The number of aryl methyl sites for hydroxylation is 1. The molecular weight excluding hydrogens is 208 g/mol. The van der Waals surface area contributed by atoms with Gasteiger partial charge in [-0.3, -0.25) is 4.90 Å². The second kappa shape index (κ2) is 4.79. The lowest BCUT2D eigenvalue weighted by atomic mass is 9.98. The summed E-state index contributed by atoms with van der Waals surface area (Å²) in [5.74, 6) is 0. The van der Waals surface area contributed by atoms with Gasteiger partial charge in [0, 0.05) is 31.2 Å². The third kappa shape index (κ3) is 3.55. The number of piperazine rings is 1. The highest BCUT2D eigenvalue weighted by Crippen LogP contribution is 2.16. The van der Waals surface area contributed by atoms with Crippen LogP contribution in [-0.2, 0) is 6.54 Å². The molecule has 2 nitrogen and oxygen atoms in total. The fourth-order valence-electron chi connectivity index (χ4n) is 2.84. The summed E-state index contributed by atoms with van der Waals surface area (Å²) in [5.41, 5.74) is 2.98. The Labute approximate surface area is 105 Å². The largest absolute Gasteiger partial charge is 0.307 e. The Kier molecular flexibility index (Phi) is 3.55. The predicted molar refractivity (Wildman–Crippen MR) is 73.1 cm³/mol. The summed E-state index contributed by atoms with van der Waals surface area (Å²) < 4.78 is 0. The molecule has 1 aliphatic rings. The van der Waals surface area contributed by atoms with E-state index in [9.17, 15) is 0 Å². The molecular formula is C15H24N2. The maximum atomic E-state index is 3.64. The number of benzene rings is 1. The van der Waals surface area contributed by atoms with E-state index < -0.39 is 0 Å². The van der Waals surface area contributed by atoms with Crippen molar-refractivity contribution in [3.63, 3.8) is 0 Å². The molecule has 94 valence electrons. The highest BCUT2D eigenvalue weighted by atomic mass is 15.2. The molecule has 2 heteroatoms. The summed E-state index contributed by atoms with van der Waals surface area (Å²) in [6, 6.07) is 9.46. The zero-order valence-electron chi connectivity index (χ0n) is 11.5. The second-order valence-corrected chi connectivity index (χ2v) is 6.08. The molecule has 0 bridgehead atoms. The SMILES string of the molecule is Cc1ccc(CN2CC(C)NC(C)(C)C2)cc1. The fourth-order valence-corrected chi connectivity index (χ4v) is 2.84. The van der Waals surface area contributed by atoms with Gasteiger partial charge in [0.1, 0.15) is 0 Å². The Morgan fingerprint density at radius 2 is 1.94 bits per heavy atom. The summed E-state index contributed by atoms with van der Waals surface area (Å²) in [6.45, 7) is 12.3. The van der Waals surface area contributed by atoms with Crippen LogP contribution in [0, 0.1) is 6.92 Å². The summed E-state index contributed by atoms with van der Waals surface area (Å²) in [7, 11) is 0. The highest BCUT2D eigenvalue weighted by molar-refractivity contribution is 5.21. The Morgan fingerprint density at radius 1 is 1.29 bits per heavy atom. The van der Waals surface area contributed by atoms with Crippen LogP contribution in [0.15, 0.2) is 24.3 Å². The average molecular weight is 232 g/mol. The summed E-state index contributed by atoms with van der Waals surface area (Å²) in [5, 5.41) is 3.64. The van der Waals surface area contributed by atoms with E-state index in [-0.39, 0.29) is 5.54 Å². The number of rotatable bonds is 2. The van der Waals surface area contributed by atoms with Crippen LogP contribution in [0.5, 0.6) is 0 Å². The molecule has 0 saturated carbocycles. The number of hydrogen-bond donors (Lipinski definition) is 1. The molecule has 0 amide bonds. The summed E-state index contributed by atoms with van der Waals surface area (Å²) in [4.78, 5) is 2.55. The van der Waals surface area contributed by atoms with Gasteiger partial charge in [-0.25, -0.2) is 0 Å². The standard InChI is InChI=1S/C15H24N2/c1-12-5-7-14(8-6-12)10-17-9-13(2)16-15(3,4)11-17/h5-8,13,16H,9-11H2,1-4H3. The van der Waals surface area contributed by atoms with E-state index in [2.05, 4.69) is 62.2 Å². The lowest BCUT2D eigenvalue weighted by Gasteiger charge is -2.42. The molecule has 1 unspecified atom stereocenters. The van der Waals surface area contributed by atoms with Gasteiger partial charge in [0.2, 0.25) is 0 Å². The van der Waals surface area contributed by atoms with Crippen LogP contribution in [0.25, 0.3) is 0 Å². The quantitative estimate of drug-likeness (QED) is 0.843. The lowest BCUT2D eigenvalue weighted by Crippen LogP contribution is -2.60. The monoisotopic (exact) mass is 232 g/mol. The van der Waals surface area contributed by atoms with Crippen LogP contribution < -0.4 is 5.32 Å². The Bertz CT molecular complexity index is 367. The van der Waals surface area contributed by atoms with Crippen LogP contribution in [0.1, 0.15) is 31.9 Å². The minimum atomic E-state index is 0.225. The second-order valence-electron chi connectivity index (χ2n) is 6.08. The molecule has 1 fully saturated rings. The lowest BCUT2D eigenvalue weighted by molar-refractivity contribution is 0.117. The maximum Gasteiger partial charge on any atom is 0.0255 e. The molecule has 1 aromatic rings. The molecule has 0 aromatic heterocycles. The average Bonchev–Trinajstić information content (AvgIpc) is 2.18. The molecule has 17 heavy (non-hydrogen) atoms. The van der Waals surface area contributed by atoms with Gasteiger partial charge in [-0.2, -0.15) is 0 Å². The first kappa shape index (κ1) is 12.6. The molecule has 1 saturated heterocycles. The van der Waals surface area contributed by atoms with Gasteiger partial charge >= 0.3 is 0 Å². The third-order valence-corrected chi connectivity index (χ3v) is 3.31. The highest BCUT2D eigenvalue weighted by Gasteiger charge is 2.29. The van der Waals surface area contributed by atoms with E-state index in [4.69, 9.17) is 0 Å². The van der Waals surface area contributed by atoms with E-state index in [0.717, 1.165) is 19.6 Å². The van der Waals surface area contributed by atoms with E-state index in [1.807, 2.05) is 0 Å². The zero-order chi connectivity index (χ0) is 12.5. The van der Waals surface area contributed by atoms with Crippen molar-refractivity contribution in [1.29, 1.82) is 0 Å². The molecule has 0 aliphatic carbocycles. The van der Waals surface area contributed by atoms with Crippen molar-refractivity contribution in [3.8, 4) is 0 Å². The van der Waals surface area contributed by atoms with Crippen LogP contribution in [0.4, 0.5) is 0 Å². The van der Waals surface area contributed by atoms with Gasteiger partial charge in [0.15, 0.2) is 0 Å². The molecule has 1 N–H and O–H groups in total. The van der Waals surface area contributed by atoms with Crippen molar-refractivity contribution in [2.45, 2.75) is 45.8 Å². The van der Waals surface area contributed by atoms with Gasteiger partial charge < -0.3 is 5.32 Å². The van der Waals surface area contributed by atoms with E-state index in [1.54, 1.807) is 0 Å². The predicted octanol–water partition coefficient (Wildman–Crippen LogP) is 2.57. The molecule has 2 rings (SSSR count). The van der Waals surface area contributed by atoms with Crippen molar-refractivity contribution in [1.82, 2.24) is 10.2 Å². The minimum absolute atomic E-state index is 0.225. The number of nitrogens with one attached hydrogen (secondary N) is 1. The molecule has 1 atom stereocenters. The van der Waals surface area contributed by atoms with Gasteiger partial charge in [-0.15, -0.1) is 0 Å². The number of hydrogen-bond acceptors (Lipinski definition) is 2. The van der Waals surface area contributed by atoms with E-state index in [1.165, 1.54) is 11.1 Å². The van der Waals surface area contributed by atoms with Crippen molar-refractivity contribution in [2.24, 2.45) is 0 Å². The van der Waals surface area contributed by atoms with Crippen molar-refractivity contribution in [3.05, 3.63) is 35.4 Å². The van der Waals surface area contributed by atoms with Gasteiger partial charge in [0.25, 0.3) is 0 Å². The Balaban J connectivity index is 2.01. The molecule has 1 heterocycles. The fraction of sp³-hybridized carbons (Fsp3) is 0.600. The van der Waals surface area contributed by atoms with Crippen LogP contribution in [-0.4, -0.2) is 29.6 Å². The van der Waals surface area contributed by atoms with Gasteiger partial charge in [0.05, 0.1) is 0 Å². The first-order valence-electron chi connectivity index (χ1n) is 6.50. The summed E-state index contributed by atoms with van der Waals surface area (Å²) in [6.07, 6.45) is 0. The number of nitrogens with zero attached hydrogens (tertiary/aromatic N) is 1. The van der Waals surface area contributed by atoms with Crippen molar-refractivity contribution in [2.75, 3.05) is 13.1 Å². The first-order chi connectivity index (χ1) is 7.94. The third-order valence-electron chi connectivity index (χ3n) is 3.31.